The number of piperidine rings is 1. The predicted octanol–water partition coefficient (Wildman–Crippen LogP) is 2.53. The second-order valence-corrected chi connectivity index (χ2v) is 7.89. The fraction of sp³-hybridized carbons (Fsp3) is 1.00. The molecule has 112 valence electrons. The molecule has 0 unspecified atom stereocenters. The molecular formula is C16H32N2O. The fourth-order valence-corrected chi connectivity index (χ4v) is 3.61. The summed E-state index contributed by atoms with van der Waals surface area (Å²) in [5, 5.41) is 13.9. The Labute approximate surface area is 118 Å². The van der Waals surface area contributed by atoms with Crippen LogP contribution in [-0.4, -0.2) is 46.3 Å². The second kappa shape index (κ2) is 5.71. The highest BCUT2D eigenvalue weighted by molar-refractivity contribution is 4.94. The lowest BCUT2D eigenvalue weighted by atomic mass is 9.85. The summed E-state index contributed by atoms with van der Waals surface area (Å²) in [5.74, 6) is 0. The van der Waals surface area contributed by atoms with Crippen molar-refractivity contribution in [3.05, 3.63) is 0 Å². The minimum Gasteiger partial charge on any atom is -0.390 e. The third-order valence-electron chi connectivity index (χ3n) is 4.69. The summed E-state index contributed by atoms with van der Waals surface area (Å²) in [4.78, 5) is 2.63. The quantitative estimate of drug-likeness (QED) is 0.808. The highest BCUT2D eigenvalue weighted by Gasteiger charge is 2.36. The van der Waals surface area contributed by atoms with E-state index in [-0.39, 0.29) is 5.54 Å². The predicted molar refractivity (Wildman–Crippen MR) is 80.4 cm³/mol. The van der Waals surface area contributed by atoms with Gasteiger partial charge in [0.15, 0.2) is 0 Å². The molecule has 3 nitrogen and oxygen atoms in total. The average Bonchev–Trinajstić information content (AvgIpc) is 2.28. The van der Waals surface area contributed by atoms with Crippen molar-refractivity contribution in [2.45, 2.75) is 89.4 Å². The number of aliphatic hydroxyl groups is 1. The van der Waals surface area contributed by atoms with Crippen molar-refractivity contribution in [1.29, 1.82) is 0 Å². The number of nitrogens with one attached hydrogen (secondary N) is 1. The zero-order valence-corrected chi connectivity index (χ0v) is 13.2. The van der Waals surface area contributed by atoms with E-state index < -0.39 is 5.60 Å². The molecule has 0 aromatic carbocycles. The first-order valence-corrected chi connectivity index (χ1v) is 8.01. The van der Waals surface area contributed by atoms with E-state index in [0.717, 1.165) is 25.9 Å². The van der Waals surface area contributed by atoms with E-state index >= 15 is 0 Å². The van der Waals surface area contributed by atoms with E-state index in [9.17, 15) is 5.11 Å². The van der Waals surface area contributed by atoms with Gasteiger partial charge in [0.05, 0.1) is 5.60 Å². The van der Waals surface area contributed by atoms with Crippen molar-refractivity contribution >= 4 is 0 Å². The lowest BCUT2D eigenvalue weighted by Gasteiger charge is -2.46. The Hall–Kier alpha value is -0.120. The first-order chi connectivity index (χ1) is 8.77. The summed E-state index contributed by atoms with van der Waals surface area (Å²) in [6, 6.07) is 1.29. The molecule has 1 aliphatic heterocycles. The van der Waals surface area contributed by atoms with Gasteiger partial charge in [0.25, 0.3) is 0 Å². The summed E-state index contributed by atoms with van der Waals surface area (Å²) in [7, 11) is 0. The van der Waals surface area contributed by atoms with Crippen LogP contribution in [0.1, 0.15) is 66.2 Å². The van der Waals surface area contributed by atoms with Gasteiger partial charge >= 0.3 is 0 Å². The van der Waals surface area contributed by atoms with Crippen molar-refractivity contribution in [2.24, 2.45) is 0 Å². The standard InChI is InChI=1S/C16H32N2O/c1-15(2,3)17-13-7-5-6-8-14(13)18-11-9-16(4,19)10-12-18/h13-14,17,19H,5-12H2,1-4H3/t13-,14-/m0/s1. The summed E-state index contributed by atoms with van der Waals surface area (Å²) in [5.41, 5.74) is -0.236. The fourth-order valence-electron chi connectivity index (χ4n) is 3.61. The van der Waals surface area contributed by atoms with Crippen molar-refractivity contribution in [3.8, 4) is 0 Å². The third-order valence-corrected chi connectivity index (χ3v) is 4.69. The molecule has 2 fully saturated rings. The largest absolute Gasteiger partial charge is 0.390 e. The zero-order chi connectivity index (χ0) is 14.1. The maximum absolute atomic E-state index is 10.1. The number of likely N-dealkylation sites (tertiary alicyclic amines) is 1. The van der Waals surface area contributed by atoms with Gasteiger partial charge in [0.1, 0.15) is 0 Å². The van der Waals surface area contributed by atoms with Crippen LogP contribution >= 0.6 is 0 Å². The Morgan fingerprint density at radius 2 is 1.68 bits per heavy atom. The van der Waals surface area contributed by atoms with Crippen LogP contribution in [0.3, 0.4) is 0 Å². The first kappa shape index (κ1) is 15.3. The number of nitrogens with zero attached hydrogens (tertiary/aromatic N) is 1. The molecular weight excluding hydrogens is 236 g/mol. The van der Waals surface area contributed by atoms with Gasteiger partial charge in [-0.3, -0.25) is 4.90 Å². The average molecular weight is 268 g/mol. The Bertz CT molecular complexity index is 286. The van der Waals surface area contributed by atoms with Crippen LogP contribution in [0.25, 0.3) is 0 Å². The van der Waals surface area contributed by atoms with E-state index in [0.29, 0.717) is 12.1 Å². The van der Waals surface area contributed by atoms with E-state index in [1.54, 1.807) is 0 Å². The molecule has 1 saturated carbocycles. The zero-order valence-electron chi connectivity index (χ0n) is 13.2. The van der Waals surface area contributed by atoms with Crippen LogP contribution in [0.4, 0.5) is 0 Å². The highest BCUT2D eigenvalue weighted by atomic mass is 16.3. The number of hydrogen-bond acceptors (Lipinski definition) is 3. The minimum atomic E-state index is -0.432. The van der Waals surface area contributed by atoms with Gasteiger partial charge in [0, 0.05) is 30.7 Å². The van der Waals surface area contributed by atoms with Crippen LogP contribution in [0, 0.1) is 0 Å². The maximum Gasteiger partial charge on any atom is 0.0644 e. The molecule has 0 amide bonds. The van der Waals surface area contributed by atoms with Gasteiger partial charge in [-0.05, 0) is 53.4 Å². The number of rotatable bonds is 2. The number of hydrogen-bond donors (Lipinski definition) is 2. The molecule has 3 heteroatoms. The van der Waals surface area contributed by atoms with Gasteiger partial charge in [0.2, 0.25) is 0 Å². The van der Waals surface area contributed by atoms with E-state index in [1.165, 1.54) is 25.7 Å². The highest BCUT2D eigenvalue weighted by Crippen LogP contribution is 2.29. The summed E-state index contributed by atoms with van der Waals surface area (Å²) < 4.78 is 0. The van der Waals surface area contributed by atoms with Crippen molar-refractivity contribution < 1.29 is 5.11 Å². The van der Waals surface area contributed by atoms with E-state index in [4.69, 9.17) is 0 Å². The SMILES string of the molecule is CC1(O)CCN([C@H]2CCCC[C@@H]2NC(C)(C)C)CC1. The smallest absolute Gasteiger partial charge is 0.0644 e. The second-order valence-electron chi connectivity index (χ2n) is 7.89. The molecule has 0 bridgehead atoms. The van der Waals surface area contributed by atoms with Crippen LogP contribution in [0.5, 0.6) is 0 Å². The van der Waals surface area contributed by atoms with Crippen LogP contribution < -0.4 is 5.32 Å². The molecule has 1 saturated heterocycles. The van der Waals surface area contributed by atoms with Gasteiger partial charge in [-0.2, -0.15) is 0 Å². The molecule has 2 atom stereocenters. The van der Waals surface area contributed by atoms with Gasteiger partial charge in [-0.1, -0.05) is 12.8 Å². The molecule has 0 spiro atoms. The van der Waals surface area contributed by atoms with E-state index in [2.05, 4.69) is 31.0 Å². The normalized spacial score (nSPS) is 33.3. The van der Waals surface area contributed by atoms with Crippen molar-refractivity contribution in [2.75, 3.05) is 13.1 Å². The van der Waals surface area contributed by atoms with Crippen molar-refractivity contribution in [3.63, 3.8) is 0 Å². The molecule has 19 heavy (non-hydrogen) atoms. The Morgan fingerprint density at radius 1 is 1.11 bits per heavy atom. The topological polar surface area (TPSA) is 35.5 Å². The summed E-state index contributed by atoms with van der Waals surface area (Å²) in [6.45, 7) is 10.9. The molecule has 1 heterocycles. The Kier molecular flexibility index (Phi) is 4.59. The maximum atomic E-state index is 10.1. The Balaban J connectivity index is 1.96. The van der Waals surface area contributed by atoms with Crippen LogP contribution in [0.2, 0.25) is 0 Å². The molecule has 2 N–H and O–H groups in total. The minimum absolute atomic E-state index is 0.196. The monoisotopic (exact) mass is 268 g/mol. The molecule has 0 aromatic rings. The molecule has 0 aromatic heterocycles. The van der Waals surface area contributed by atoms with E-state index in [1.807, 2.05) is 6.92 Å². The molecule has 1 aliphatic carbocycles. The summed E-state index contributed by atoms with van der Waals surface area (Å²) in [6.07, 6.45) is 7.18. The molecule has 2 rings (SSSR count). The van der Waals surface area contributed by atoms with Crippen molar-refractivity contribution in [1.82, 2.24) is 10.2 Å². The molecule has 2 aliphatic rings. The lowest BCUT2D eigenvalue weighted by Crippen LogP contribution is -2.58. The lowest BCUT2D eigenvalue weighted by molar-refractivity contribution is -0.0271. The third kappa shape index (κ3) is 4.44. The van der Waals surface area contributed by atoms with Gasteiger partial charge in [-0.15, -0.1) is 0 Å². The van der Waals surface area contributed by atoms with Crippen LogP contribution in [-0.2, 0) is 0 Å². The van der Waals surface area contributed by atoms with Gasteiger partial charge in [-0.25, -0.2) is 0 Å². The van der Waals surface area contributed by atoms with Crippen LogP contribution in [0.15, 0.2) is 0 Å². The van der Waals surface area contributed by atoms with Gasteiger partial charge < -0.3 is 10.4 Å². The Morgan fingerprint density at radius 3 is 2.26 bits per heavy atom. The molecule has 0 radical (unpaired) electrons. The summed E-state index contributed by atoms with van der Waals surface area (Å²) >= 11 is 0. The first-order valence-electron chi connectivity index (χ1n) is 8.01.